The highest BCUT2D eigenvalue weighted by molar-refractivity contribution is 6.33. The molecule has 0 spiro atoms. The first-order valence-corrected chi connectivity index (χ1v) is 6.78. The fourth-order valence-electron chi connectivity index (χ4n) is 1.99. The van der Waals surface area contributed by atoms with E-state index in [1.165, 1.54) is 0 Å². The lowest BCUT2D eigenvalue weighted by atomic mass is 10.2. The highest BCUT2D eigenvalue weighted by Gasteiger charge is 2.06. The van der Waals surface area contributed by atoms with Crippen molar-refractivity contribution in [2.24, 2.45) is 0 Å². The molecule has 20 heavy (non-hydrogen) atoms. The van der Waals surface area contributed by atoms with Crippen molar-refractivity contribution in [3.8, 4) is 11.3 Å². The van der Waals surface area contributed by atoms with Crippen molar-refractivity contribution in [2.75, 3.05) is 0 Å². The molecule has 0 amide bonds. The molecule has 0 aliphatic rings. The summed E-state index contributed by atoms with van der Waals surface area (Å²) >= 11 is 6.16. The topological polar surface area (TPSA) is 13.1 Å². The molecule has 0 N–H and O–H groups in total. The molecule has 0 bridgehead atoms. The molecule has 2 heteroatoms. The van der Waals surface area contributed by atoms with Crippen molar-refractivity contribution in [3.63, 3.8) is 0 Å². The molecule has 1 nitrogen and oxygen atoms in total. The summed E-state index contributed by atoms with van der Waals surface area (Å²) in [7, 11) is 0. The molecule has 3 aromatic rings. The number of halogens is 1. The van der Waals surface area contributed by atoms with E-state index in [9.17, 15) is 0 Å². The second kappa shape index (κ2) is 5.81. The van der Waals surface area contributed by atoms with Crippen LogP contribution in [0.3, 0.4) is 0 Å². The molecule has 0 fully saturated rings. The normalized spacial score (nSPS) is 11.1. The van der Waals surface area contributed by atoms with Gasteiger partial charge in [-0.3, -0.25) is 0 Å². The molecular weight excluding hydrogens is 268 g/mol. The highest BCUT2D eigenvalue weighted by atomic mass is 35.5. The summed E-state index contributed by atoms with van der Waals surface area (Å²) in [5.74, 6) is 1.59. The summed E-state index contributed by atoms with van der Waals surface area (Å²) in [4.78, 5) is 0. The van der Waals surface area contributed by atoms with E-state index in [0.717, 1.165) is 22.6 Å². The maximum absolute atomic E-state index is 6.16. The Morgan fingerprint density at radius 3 is 2.30 bits per heavy atom. The zero-order valence-electron chi connectivity index (χ0n) is 10.8. The van der Waals surface area contributed by atoms with E-state index in [2.05, 4.69) is 12.1 Å². The summed E-state index contributed by atoms with van der Waals surface area (Å²) in [6.45, 7) is 0. The Morgan fingerprint density at radius 2 is 1.50 bits per heavy atom. The molecular formula is C18H13ClO. The Kier molecular flexibility index (Phi) is 3.71. The quantitative estimate of drug-likeness (QED) is 0.593. The van der Waals surface area contributed by atoms with Gasteiger partial charge in [0.15, 0.2) is 0 Å². The van der Waals surface area contributed by atoms with Gasteiger partial charge in [-0.05, 0) is 35.9 Å². The van der Waals surface area contributed by atoms with Crippen LogP contribution in [0.1, 0.15) is 11.3 Å². The van der Waals surface area contributed by atoms with E-state index in [0.29, 0.717) is 5.02 Å². The summed E-state index contributed by atoms with van der Waals surface area (Å²) in [6, 6.07) is 21.7. The Hall–Kier alpha value is -2.25. The van der Waals surface area contributed by atoms with Crippen LogP contribution in [0.25, 0.3) is 23.5 Å². The van der Waals surface area contributed by atoms with Crippen LogP contribution >= 0.6 is 11.6 Å². The Balaban J connectivity index is 1.85. The maximum atomic E-state index is 6.16. The largest absolute Gasteiger partial charge is 0.457 e. The maximum Gasteiger partial charge on any atom is 0.136 e. The van der Waals surface area contributed by atoms with Gasteiger partial charge in [0.05, 0.1) is 5.02 Å². The third-order valence-corrected chi connectivity index (χ3v) is 3.34. The van der Waals surface area contributed by atoms with Gasteiger partial charge in [0.1, 0.15) is 11.5 Å². The second-order valence-corrected chi connectivity index (χ2v) is 4.83. The fraction of sp³-hybridized carbons (Fsp3) is 0. The predicted octanol–water partition coefficient (Wildman–Crippen LogP) is 5.77. The van der Waals surface area contributed by atoms with Crippen LogP contribution in [0.4, 0.5) is 0 Å². The SMILES string of the molecule is Clc1ccccc1-c1ccc(/C=C/c2ccccc2)o1. The van der Waals surface area contributed by atoms with Gasteiger partial charge < -0.3 is 4.42 Å². The number of furan rings is 1. The molecule has 0 aliphatic heterocycles. The van der Waals surface area contributed by atoms with E-state index in [1.807, 2.05) is 66.7 Å². The third kappa shape index (κ3) is 2.84. The van der Waals surface area contributed by atoms with Crippen molar-refractivity contribution >= 4 is 23.8 Å². The number of hydrogen-bond acceptors (Lipinski definition) is 1. The van der Waals surface area contributed by atoms with Crippen LogP contribution in [0.5, 0.6) is 0 Å². The minimum Gasteiger partial charge on any atom is -0.457 e. The van der Waals surface area contributed by atoms with Gasteiger partial charge in [0, 0.05) is 5.56 Å². The van der Waals surface area contributed by atoms with Crippen LogP contribution < -0.4 is 0 Å². The third-order valence-electron chi connectivity index (χ3n) is 3.01. The Labute approximate surface area is 123 Å². The summed E-state index contributed by atoms with van der Waals surface area (Å²) in [5.41, 5.74) is 2.05. The van der Waals surface area contributed by atoms with E-state index in [1.54, 1.807) is 0 Å². The first-order valence-electron chi connectivity index (χ1n) is 6.41. The van der Waals surface area contributed by atoms with Crippen molar-refractivity contribution < 1.29 is 4.42 Å². The van der Waals surface area contributed by atoms with Crippen LogP contribution in [-0.2, 0) is 0 Å². The molecule has 0 atom stereocenters. The van der Waals surface area contributed by atoms with Gasteiger partial charge in [-0.25, -0.2) is 0 Å². The molecule has 0 radical (unpaired) electrons. The van der Waals surface area contributed by atoms with E-state index >= 15 is 0 Å². The van der Waals surface area contributed by atoms with Gasteiger partial charge in [-0.2, -0.15) is 0 Å². The van der Waals surface area contributed by atoms with Gasteiger partial charge in [0.25, 0.3) is 0 Å². The van der Waals surface area contributed by atoms with Gasteiger partial charge in [0.2, 0.25) is 0 Å². The lowest BCUT2D eigenvalue weighted by Gasteiger charge is -1.98. The minimum atomic E-state index is 0.695. The molecule has 3 rings (SSSR count). The minimum absolute atomic E-state index is 0.695. The van der Waals surface area contributed by atoms with Crippen molar-refractivity contribution in [3.05, 3.63) is 83.1 Å². The number of benzene rings is 2. The lowest BCUT2D eigenvalue weighted by molar-refractivity contribution is 0.572. The van der Waals surface area contributed by atoms with Crippen LogP contribution in [-0.4, -0.2) is 0 Å². The average molecular weight is 281 g/mol. The Bertz CT molecular complexity index is 726. The average Bonchev–Trinajstić information content (AvgIpc) is 2.95. The van der Waals surface area contributed by atoms with Gasteiger partial charge >= 0.3 is 0 Å². The zero-order valence-corrected chi connectivity index (χ0v) is 11.5. The molecule has 1 aromatic heterocycles. The fourth-order valence-corrected chi connectivity index (χ4v) is 2.22. The molecule has 0 saturated heterocycles. The molecule has 0 saturated carbocycles. The summed E-state index contributed by atoms with van der Waals surface area (Å²) in [5, 5.41) is 0.695. The highest BCUT2D eigenvalue weighted by Crippen LogP contribution is 2.29. The number of rotatable bonds is 3. The van der Waals surface area contributed by atoms with E-state index in [-0.39, 0.29) is 0 Å². The summed E-state index contributed by atoms with van der Waals surface area (Å²) < 4.78 is 5.80. The van der Waals surface area contributed by atoms with Crippen molar-refractivity contribution in [1.29, 1.82) is 0 Å². The standard InChI is InChI=1S/C18H13ClO/c19-17-9-5-4-8-16(17)18-13-12-15(20-18)11-10-14-6-2-1-3-7-14/h1-13H/b11-10+. The van der Waals surface area contributed by atoms with Gasteiger partial charge in [-0.1, -0.05) is 60.1 Å². The van der Waals surface area contributed by atoms with Crippen LogP contribution in [0, 0.1) is 0 Å². The molecule has 0 unspecified atom stereocenters. The molecule has 0 aliphatic carbocycles. The predicted molar refractivity (Wildman–Crippen MR) is 84.5 cm³/mol. The monoisotopic (exact) mass is 280 g/mol. The molecule has 98 valence electrons. The smallest absolute Gasteiger partial charge is 0.136 e. The molecule has 2 aromatic carbocycles. The van der Waals surface area contributed by atoms with E-state index < -0.39 is 0 Å². The zero-order chi connectivity index (χ0) is 13.8. The van der Waals surface area contributed by atoms with E-state index in [4.69, 9.17) is 16.0 Å². The van der Waals surface area contributed by atoms with Crippen LogP contribution in [0.2, 0.25) is 5.02 Å². The lowest BCUT2D eigenvalue weighted by Crippen LogP contribution is -1.74. The first-order chi connectivity index (χ1) is 9.83. The van der Waals surface area contributed by atoms with Crippen molar-refractivity contribution in [1.82, 2.24) is 0 Å². The molecule has 1 heterocycles. The second-order valence-electron chi connectivity index (χ2n) is 4.43. The Morgan fingerprint density at radius 1 is 0.750 bits per heavy atom. The van der Waals surface area contributed by atoms with Crippen molar-refractivity contribution in [2.45, 2.75) is 0 Å². The van der Waals surface area contributed by atoms with Crippen LogP contribution in [0.15, 0.2) is 71.1 Å². The summed E-state index contributed by atoms with van der Waals surface area (Å²) in [6.07, 6.45) is 3.98. The number of hydrogen-bond donors (Lipinski definition) is 0. The first kappa shape index (κ1) is 12.8. The van der Waals surface area contributed by atoms with Gasteiger partial charge in [-0.15, -0.1) is 0 Å².